The zero-order valence-corrected chi connectivity index (χ0v) is 12.5. The van der Waals surface area contributed by atoms with Crippen molar-refractivity contribution < 1.29 is 23.9 Å². The fourth-order valence-electron chi connectivity index (χ4n) is 1.58. The van der Waals surface area contributed by atoms with Crippen molar-refractivity contribution >= 4 is 24.0 Å². The average Bonchev–Trinajstić information content (AvgIpc) is 2.37. The predicted octanol–water partition coefficient (Wildman–Crippen LogP) is 2.39. The summed E-state index contributed by atoms with van der Waals surface area (Å²) in [5, 5.41) is 2.41. The van der Waals surface area contributed by atoms with E-state index in [9.17, 15) is 14.4 Å². The molecule has 0 aromatic heterocycles. The first-order chi connectivity index (χ1) is 9.83. The number of benzene rings is 1. The summed E-state index contributed by atoms with van der Waals surface area (Å²) in [7, 11) is 0. The molecule has 1 rings (SSSR count). The highest BCUT2D eigenvalue weighted by Crippen LogP contribution is 2.17. The molecule has 0 aliphatic carbocycles. The van der Waals surface area contributed by atoms with Crippen molar-refractivity contribution in [2.45, 2.75) is 39.9 Å². The highest BCUT2D eigenvalue weighted by Gasteiger charge is 2.16. The van der Waals surface area contributed by atoms with Crippen LogP contribution in [0.5, 0.6) is 0 Å². The van der Waals surface area contributed by atoms with E-state index in [1.54, 1.807) is 27.7 Å². The standard InChI is InChI=1S/C15H19NO5/c1-9(2)20-14(18)11-5-12(15(19)21-10(3)4)7-13(6-11)16-8-17/h5-10H,1-4H3,(H,16,17). The number of anilines is 1. The van der Waals surface area contributed by atoms with Crippen molar-refractivity contribution in [3.63, 3.8) is 0 Å². The molecule has 0 radical (unpaired) electrons. The van der Waals surface area contributed by atoms with E-state index in [2.05, 4.69) is 5.32 Å². The zero-order valence-electron chi connectivity index (χ0n) is 12.5. The van der Waals surface area contributed by atoms with Gasteiger partial charge in [-0.2, -0.15) is 0 Å². The van der Waals surface area contributed by atoms with E-state index in [-0.39, 0.29) is 23.3 Å². The molecule has 114 valence electrons. The number of nitrogens with one attached hydrogen (secondary N) is 1. The Bertz CT molecular complexity index is 497. The Labute approximate surface area is 123 Å². The summed E-state index contributed by atoms with van der Waals surface area (Å²) in [5.74, 6) is -1.14. The lowest BCUT2D eigenvalue weighted by Gasteiger charge is -2.12. The molecule has 0 fully saturated rings. The third kappa shape index (κ3) is 5.25. The molecule has 0 atom stereocenters. The maximum atomic E-state index is 11.9. The molecule has 0 bridgehead atoms. The van der Waals surface area contributed by atoms with E-state index in [0.717, 1.165) is 0 Å². The van der Waals surface area contributed by atoms with Gasteiger partial charge in [0.2, 0.25) is 6.41 Å². The van der Waals surface area contributed by atoms with Gasteiger partial charge < -0.3 is 14.8 Å². The van der Waals surface area contributed by atoms with Gasteiger partial charge in [0.25, 0.3) is 0 Å². The Kier molecular flexibility index (Phi) is 5.90. The zero-order chi connectivity index (χ0) is 16.0. The van der Waals surface area contributed by atoms with Crippen molar-refractivity contribution in [3.05, 3.63) is 29.3 Å². The van der Waals surface area contributed by atoms with Gasteiger partial charge in [-0.1, -0.05) is 0 Å². The van der Waals surface area contributed by atoms with Gasteiger partial charge in [-0.25, -0.2) is 9.59 Å². The molecule has 1 amide bonds. The molecule has 0 saturated heterocycles. The van der Waals surface area contributed by atoms with Gasteiger partial charge >= 0.3 is 11.9 Å². The average molecular weight is 293 g/mol. The van der Waals surface area contributed by atoms with Crippen LogP contribution in [0.2, 0.25) is 0 Å². The first-order valence-electron chi connectivity index (χ1n) is 6.60. The monoisotopic (exact) mass is 293 g/mol. The third-order valence-corrected chi connectivity index (χ3v) is 2.32. The Balaban J connectivity index is 3.13. The highest BCUT2D eigenvalue weighted by atomic mass is 16.5. The molecule has 0 spiro atoms. The topological polar surface area (TPSA) is 81.7 Å². The molecule has 0 heterocycles. The number of hydrogen-bond donors (Lipinski definition) is 1. The summed E-state index contributed by atoms with van der Waals surface area (Å²) in [6.07, 6.45) is -0.109. The fraction of sp³-hybridized carbons (Fsp3) is 0.400. The second kappa shape index (κ2) is 7.42. The van der Waals surface area contributed by atoms with E-state index in [4.69, 9.17) is 9.47 Å². The van der Waals surface area contributed by atoms with E-state index < -0.39 is 11.9 Å². The summed E-state index contributed by atoms with van der Waals surface area (Å²) in [6, 6.07) is 4.25. The fourth-order valence-corrected chi connectivity index (χ4v) is 1.58. The molecule has 0 aliphatic heterocycles. The summed E-state index contributed by atoms with van der Waals surface area (Å²) >= 11 is 0. The molecular weight excluding hydrogens is 274 g/mol. The van der Waals surface area contributed by atoms with Gasteiger partial charge in [0.15, 0.2) is 0 Å². The van der Waals surface area contributed by atoms with Crippen LogP contribution in [0.15, 0.2) is 18.2 Å². The summed E-state index contributed by atoms with van der Waals surface area (Å²) in [4.78, 5) is 34.4. The molecular formula is C15H19NO5. The molecule has 1 aromatic carbocycles. The summed E-state index contributed by atoms with van der Waals surface area (Å²) in [6.45, 7) is 6.89. The van der Waals surface area contributed by atoms with E-state index in [0.29, 0.717) is 12.1 Å². The van der Waals surface area contributed by atoms with Crippen LogP contribution < -0.4 is 5.32 Å². The van der Waals surface area contributed by atoms with Crippen LogP contribution in [-0.4, -0.2) is 30.6 Å². The van der Waals surface area contributed by atoms with Crippen molar-refractivity contribution in [2.75, 3.05) is 5.32 Å². The highest BCUT2D eigenvalue weighted by molar-refractivity contribution is 5.97. The molecule has 6 heteroatoms. The van der Waals surface area contributed by atoms with Gasteiger partial charge in [-0.15, -0.1) is 0 Å². The van der Waals surface area contributed by atoms with Crippen molar-refractivity contribution in [3.8, 4) is 0 Å². The van der Waals surface area contributed by atoms with Gasteiger partial charge in [-0.05, 0) is 45.9 Å². The lowest BCUT2D eigenvalue weighted by Crippen LogP contribution is -2.15. The number of ether oxygens (including phenoxy) is 2. The van der Waals surface area contributed by atoms with E-state index in [1.807, 2.05) is 0 Å². The second-order valence-electron chi connectivity index (χ2n) is 4.97. The largest absolute Gasteiger partial charge is 0.459 e. The number of carbonyl (C=O) groups is 3. The van der Waals surface area contributed by atoms with Crippen LogP contribution in [0.1, 0.15) is 48.4 Å². The van der Waals surface area contributed by atoms with Gasteiger partial charge in [-0.3, -0.25) is 4.79 Å². The van der Waals surface area contributed by atoms with Crippen LogP contribution in [0.4, 0.5) is 5.69 Å². The third-order valence-electron chi connectivity index (χ3n) is 2.32. The molecule has 1 aromatic rings. The van der Waals surface area contributed by atoms with E-state index in [1.165, 1.54) is 18.2 Å². The first-order valence-corrected chi connectivity index (χ1v) is 6.60. The van der Waals surface area contributed by atoms with Crippen LogP contribution in [-0.2, 0) is 14.3 Å². The number of carbonyl (C=O) groups excluding carboxylic acids is 3. The Morgan fingerprint density at radius 1 is 0.952 bits per heavy atom. The number of amides is 1. The number of hydrogen-bond acceptors (Lipinski definition) is 5. The van der Waals surface area contributed by atoms with Gasteiger partial charge in [0.1, 0.15) is 0 Å². The Morgan fingerprint density at radius 2 is 1.38 bits per heavy atom. The second-order valence-corrected chi connectivity index (χ2v) is 4.97. The minimum atomic E-state index is -0.571. The molecule has 0 unspecified atom stereocenters. The van der Waals surface area contributed by atoms with Crippen LogP contribution >= 0.6 is 0 Å². The SMILES string of the molecule is CC(C)OC(=O)c1cc(NC=O)cc(C(=O)OC(C)C)c1. The summed E-state index contributed by atoms with van der Waals surface area (Å²) < 4.78 is 10.2. The van der Waals surface area contributed by atoms with E-state index >= 15 is 0 Å². The van der Waals surface area contributed by atoms with Gasteiger partial charge in [0, 0.05) is 5.69 Å². The lowest BCUT2D eigenvalue weighted by atomic mass is 10.1. The summed E-state index contributed by atoms with van der Waals surface area (Å²) in [5.41, 5.74) is 0.663. The molecule has 6 nitrogen and oxygen atoms in total. The van der Waals surface area contributed by atoms with Gasteiger partial charge in [0.05, 0.1) is 23.3 Å². The predicted molar refractivity (Wildman–Crippen MR) is 77.2 cm³/mol. The normalized spacial score (nSPS) is 10.4. The molecule has 0 saturated carbocycles. The quantitative estimate of drug-likeness (QED) is 0.643. The Hall–Kier alpha value is -2.37. The molecule has 1 N–H and O–H groups in total. The van der Waals surface area contributed by atoms with Crippen LogP contribution in [0, 0.1) is 0 Å². The van der Waals surface area contributed by atoms with Crippen molar-refractivity contribution in [2.24, 2.45) is 0 Å². The van der Waals surface area contributed by atoms with Crippen LogP contribution in [0.25, 0.3) is 0 Å². The maximum Gasteiger partial charge on any atom is 0.338 e. The molecule has 21 heavy (non-hydrogen) atoms. The smallest absolute Gasteiger partial charge is 0.338 e. The van der Waals surface area contributed by atoms with Crippen LogP contribution in [0.3, 0.4) is 0 Å². The first kappa shape index (κ1) is 16.7. The number of esters is 2. The number of rotatable bonds is 6. The van der Waals surface area contributed by atoms with Crippen molar-refractivity contribution in [1.82, 2.24) is 0 Å². The van der Waals surface area contributed by atoms with Crippen molar-refractivity contribution in [1.29, 1.82) is 0 Å². The minimum absolute atomic E-state index is 0.172. The maximum absolute atomic E-state index is 11.9. The Morgan fingerprint density at radius 3 is 1.71 bits per heavy atom. The minimum Gasteiger partial charge on any atom is -0.459 e. The molecule has 0 aliphatic rings. The lowest BCUT2D eigenvalue weighted by molar-refractivity contribution is -0.105.